The lowest BCUT2D eigenvalue weighted by Gasteiger charge is -2.36. The second-order valence-corrected chi connectivity index (χ2v) is 6.82. The van der Waals surface area contributed by atoms with Crippen LogP contribution in [-0.4, -0.2) is 39.8 Å². The maximum atomic E-state index is 11.7. The summed E-state index contributed by atoms with van der Waals surface area (Å²) in [5, 5.41) is 8.49. The Bertz CT molecular complexity index is 779. The first kappa shape index (κ1) is 17.0. The number of rotatable bonds is 8. The molecule has 1 fully saturated rings. The molecule has 0 aromatic carbocycles. The number of nitrogens with one attached hydrogen (secondary N) is 1. The van der Waals surface area contributed by atoms with Crippen LogP contribution in [-0.2, 0) is 13.6 Å². The first-order valence-electron chi connectivity index (χ1n) is 7.60. The Kier molecular flexibility index (Phi) is 5.53. The lowest BCUT2D eigenvalue weighted by molar-refractivity contribution is 0.101. The summed E-state index contributed by atoms with van der Waals surface area (Å²) in [4.78, 5) is 22.5. The molecule has 0 spiro atoms. The smallest absolute Gasteiger partial charge is 0.316 e. The second-order valence-electron chi connectivity index (χ2n) is 5.49. The van der Waals surface area contributed by atoms with Crippen molar-refractivity contribution in [1.29, 1.82) is 5.26 Å². The van der Waals surface area contributed by atoms with Crippen molar-refractivity contribution in [3.8, 4) is 6.07 Å². The Hall–Kier alpha value is -1.85. The summed E-state index contributed by atoms with van der Waals surface area (Å²) in [7, 11) is 0.136. The van der Waals surface area contributed by atoms with Gasteiger partial charge in [-0.2, -0.15) is 5.26 Å². The summed E-state index contributed by atoms with van der Waals surface area (Å²) < 4.78 is 18.1. The fraction of sp³-hybridized carbons (Fsp3) is 0.571. The molecule has 2 heterocycles. The molecule has 0 radical (unpaired) electrons. The predicted molar refractivity (Wildman–Crippen MR) is 86.0 cm³/mol. The summed E-state index contributed by atoms with van der Waals surface area (Å²) in [5.74, 6) is 0.397. The van der Waals surface area contributed by atoms with E-state index in [9.17, 15) is 4.79 Å². The third-order valence-corrected chi connectivity index (χ3v) is 5.00. The normalized spacial score (nSPS) is 21.3. The van der Waals surface area contributed by atoms with E-state index in [1.165, 1.54) is 13.4 Å². The summed E-state index contributed by atoms with van der Waals surface area (Å²) in [6.45, 7) is 0.855. The van der Waals surface area contributed by atoms with Crippen LogP contribution in [0.2, 0.25) is 0 Å². The minimum absolute atomic E-state index is 0.224. The molecular weight excluding hydrogens is 333 g/mol. The van der Waals surface area contributed by atoms with Crippen molar-refractivity contribution in [3.63, 3.8) is 0 Å². The summed E-state index contributed by atoms with van der Waals surface area (Å²) in [6.07, 6.45) is 5.22. The second kappa shape index (κ2) is 7.81. The van der Waals surface area contributed by atoms with Gasteiger partial charge in [0.05, 0.1) is 38.4 Å². The van der Waals surface area contributed by atoms with Crippen LogP contribution in [0.4, 0.5) is 0 Å². The molecule has 0 bridgehead atoms. The Morgan fingerprint density at radius 2 is 2.29 bits per heavy atom. The van der Waals surface area contributed by atoms with E-state index < -0.39 is 8.60 Å². The van der Waals surface area contributed by atoms with Crippen LogP contribution in [0.15, 0.2) is 17.4 Å². The Balaban J connectivity index is 1.49. The number of nitriles is 1. The number of imidazole rings is 1. The SMILES string of the molecule is COP(OCCC#N)OCC1CC(n2cnc3c(=O)[nH]cnc32)C1. The Morgan fingerprint density at radius 3 is 3.04 bits per heavy atom. The van der Waals surface area contributed by atoms with Crippen LogP contribution >= 0.6 is 8.60 Å². The van der Waals surface area contributed by atoms with Crippen molar-refractivity contribution in [2.24, 2.45) is 5.92 Å². The molecular formula is C14H18N5O4P. The molecule has 3 rings (SSSR count). The zero-order chi connectivity index (χ0) is 16.9. The molecule has 9 nitrogen and oxygen atoms in total. The molecule has 128 valence electrons. The van der Waals surface area contributed by atoms with E-state index in [1.807, 2.05) is 10.6 Å². The fourth-order valence-electron chi connectivity index (χ4n) is 2.67. The molecule has 2 aromatic heterocycles. The largest absolute Gasteiger partial charge is 0.332 e. The minimum Gasteiger partial charge on any atom is -0.316 e. The third kappa shape index (κ3) is 3.62. The Morgan fingerprint density at radius 1 is 1.46 bits per heavy atom. The minimum atomic E-state index is -1.39. The van der Waals surface area contributed by atoms with E-state index in [0.29, 0.717) is 36.7 Å². The van der Waals surface area contributed by atoms with E-state index >= 15 is 0 Å². The molecule has 0 amide bonds. The molecule has 2 aromatic rings. The van der Waals surface area contributed by atoms with Crippen molar-refractivity contribution in [2.75, 3.05) is 20.3 Å². The van der Waals surface area contributed by atoms with Crippen molar-refractivity contribution < 1.29 is 13.6 Å². The number of fused-ring (bicyclic) bond motifs is 1. The van der Waals surface area contributed by atoms with Gasteiger partial charge in [-0.1, -0.05) is 0 Å². The molecule has 24 heavy (non-hydrogen) atoms. The molecule has 1 aliphatic carbocycles. The number of hydrogen-bond acceptors (Lipinski definition) is 7. The molecule has 1 N–H and O–H groups in total. The highest BCUT2D eigenvalue weighted by molar-refractivity contribution is 7.41. The van der Waals surface area contributed by atoms with E-state index in [0.717, 1.165) is 12.8 Å². The van der Waals surface area contributed by atoms with Crippen molar-refractivity contribution >= 4 is 19.8 Å². The number of hydrogen-bond donors (Lipinski definition) is 1. The average molecular weight is 351 g/mol. The van der Waals surface area contributed by atoms with Gasteiger partial charge in [-0.15, -0.1) is 0 Å². The molecule has 0 aliphatic heterocycles. The van der Waals surface area contributed by atoms with Crippen LogP contribution in [0, 0.1) is 17.2 Å². The van der Waals surface area contributed by atoms with E-state index in [2.05, 4.69) is 15.0 Å². The first-order valence-corrected chi connectivity index (χ1v) is 8.69. The zero-order valence-electron chi connectivity index (χ0n) is 13.2. The molecule has 1 unspecified atom stereocenters. The molecule has 1 saturated carbocycles. The average Bonchev–Trinajstić information content (AvgIpc) is 2.97. The van der Waals surface area contributed by atoms with Gasteiger partial charge in [0.1, 0.15) is 0 Å². The van der Waals surface area contributed by atoms with Crippen LogP contribution in [0.25, 0.3) is 11.2 Å². The number of aromatic amines is 1. The maximum Gasteiger partial charge on any atom is 0.332 e. The lowest BCUT2D eigenvalue weighted by Crippen LogP contribution is -2.29. The van der Waals surface area contributed by atoms with Crippen LogP contribution in [0.5, 0.6) is 0 Å². The van der Waals surface area contributed by atoms with E-state index in [-0.39, 0.29) is 11.6 Å². The van der Waals surface area contributed by atoms with Gasteiger partial charge in [-0.25, -0.2) is 9.97 Å². The van der Waals surface area contributed by atoms with Gasteiger partial charge in [0.25, 0.3) is 5.56 Å². The van der Waals surface area contributed by atoms with Crippen molar-refractivity contribution in [1.82, 2.24) is 19.5 Å². The van der Waals surface area contributed by atoms with Gasteiger partial charge in [0, 0.05) is 13.2 Å². The first-order chi connectivity index (χ1) is 11.7. The number of H-pyrrole nitrogens is 1. The van der Waals surface area contributed by atoms with Crippen LogP contribution < -0.4 is 5.56 Å². The highest BCUT2D eigenvalue weighted by Gasteiger charge is 2.32. The van der Waals surface area contributed by atoms with Crippen LogP contribution in [0.3, 0.4) is 0 Å². The maximum absolute atomic E-state index is 11.7. The molecule has 1 aliphatic rings. The topological polar surface area (TPSA) is 115 Å². The molecule has 0 saturated heterocycles. The van der Waals surface area contributed by atoms with Crippen molar-refractivity contribution in [2.45, 2.75) is 25.3 Å². The van der Waals surface area contributed by atoms with Crippen molar-refractivity contribution in [3.05, 3.63) is 23.0 Å². The van der Waals surface area contributed by atoms with Crippen LogP contribution in [0.1, 0.15) is 25.3 Å². The summed E-state index contributed by atoms with van der Waals surface area (Å²) >= 11 is 0. The number of aromatic nitrogens is 4. The number of nitrogens with zero attached hydrogens (tertiary/aromatic N) is 4. The molecule has 1 atom stereocenters. The predicted octanol–water partition coefficient (Wildman–Crippen LogP) is 1.89. The highest BCUT2D eigenvalue weighted by atomic mass is 31.2. The Labute approximate surface area is 139 Å². The monoisotopic (exact) mass is 351 g/mol. The zero-order valence-corrected chi connectivity index (χ0v) is 14.1. The van der Waals surface area contributed by atoms with E-state index in [4.69, 9.17) is 18.8 Å². The third-order valence-electron chi connectivity index (χ3n) is 3.94. The van der Waals surface area contributed by atoms with Gasteiger partial charge in [-0.3, -0.25) is 4.79 Å². The van der Waals surface area contributed by atoms with Gasteiger partial charge in [0.2, 0.25) is 0 Å². The summed E-state index contributed by atoms with van der Waals surface area (Å²) in [6, 6.07) is 2.28. The quantitative estimate of drug-likeness (QED) is 0.570. The van der Waals surface area contributed by atoms with Gasteiger partial charge >= 0.3 is 8.60 Å². The molecule has 10 heteroatoms. The van der Waals surface area contributed by atoms with Gasteiger partial charge in [0.15, 0.2) is 11.2 Å². The highest BCUT2D eigenvalue weighted by Crippen LogP contribution is 2.44. The fourth-order valence-corrected chi connectivity index (χ4v) is 3.53. The standard InChI is InChI=1S/C14H18N5O4P/c1-21-24(22-4-2-3-15)23-7-10-5-11(6-10)19-9-18-12-13(19)16-8-17-14(12)20/h8-11H,2,4-7H2,1H3,(H,16,17,20). The van der Waals surface area contributed by atoms with Gasteiger partial charge < -0.3 is 23.1 Å². The van der Waals surface area contributed by atoms with Gasteiger partial charge in [-0.05, 0) is 18.8 Å². The van der Waals surface area contributed by atoms with E-state index in [1.54, 1.807) is 6.33 Å². The lowest BCUT2D eigenvalue weighted by atomic mass is 9.81. The summed E-state index contributed by atoms with van der Waals surface area (Å²) in [5.41, 5.74) is 0.756.